The van der Waals surface area contributed by atoms with Gasteiger partial charge in [-0.15, -0.1) is 12.4 Å². The molecule has 2 rings (SSSR count). The summed E-state index contributed by atoms with van der Waals surface area (Å²) in [6, 6.07) is 5.52. The highest BCUT2D eigenvalue weighted by molar-refractivity contribution is 9.10. The van der Waals surface area contributed by atoms with E-state index in [1.807, 2.05) is 12.1 Å². The van der Waals surface area contributed by atoms with Crippen LogP contribution in [0.3, 0.4) is 0 Å². The van der Waals surface area contributed by atoms with E-state index in [0.29, 0.717) is 12.3 Å². The third-order valence-corrected chi connectivity index (χ3v) is 4.68. The third kappa shape index (κ3) is 5.91. The van der Waals surface area contributed by atoms with Crippen molar-refractivity contribution in [1.29, 1.82) is 0 Å². The number of benzene rings is 1. The van der Waals surface area contributed by atoms with E-state index in [4.69, 9.17) is 4.74 Å². The summed E-state index contributed by atoms with van der Waals surface area (Å²) in [5.74, 6) is 0.335. The molecule has 1 aromatic carbocycles. The highest BCUT2D eigenvalue weighted by Gasteiger charge is 2.32. The van der Waals surface area contributed by atoms with Gasteiger partial charge in [-0.2, -0.15) is 0 Å². The Labute approximate surface area is 154 Å². The standard InChI is InChI=1S/C17H27BrN2O2.ClH/c1-12-9-20(10-13(2)22-12)17(3,4)11-19-8-14-7-15(18)5-6-16(14)21;/h5-7,12-13,19,21H,8-11H2,1-4H3;1H. The Morgan fingerprint density at radius 1 is 1.30 bits per heavy atom. The molecular formula is C17H28BrClN2O2. The molecule has 2 unspecified atom stereocenters. The molecule has 1 aliphatic rings. The fourth-order valence-electron chi connectivity index (χ4n) is 2.98. The van der Waals surface area contributed by atoms with E-state index in [1.165, 1.54) is 0 Å². The minimum atomic E-state index is 0. The first-order valence-electron chi connectivity index (χ1n) is 7.86. The number of hydrogen-bond acceptors (Lipinski definition) is 4. The minimum Gasteiger partial charge on any atom is -0.508 e. The van der Waals surface area contributed by atoms with Gasteiger partial charge in [0.05, 0.1) is 12.2 Å². The third-order valence-electron chi connectivity index (χ3n) is 4.19. The van der Waals surface area contributed by atoms with Crippen LogP contribution in [0.2, 0.25) is 0 Å². The molecule has 0 radical (unpaired) electrons. The Hall–Kier alpha value is -0.330. The molecule has 1 heterocycles. The summed E-state index contributed by atoms with van der Waals surface area (Å²) >= 11 is 3.44. The molecule has 0 amide bonds. The molecule has 0 spiro atoms. The normalized spacial score (nSPS) is 22.7. The Bertz CT molecular complexity index is 503. The second-order valence-electron chi connectivity index (χ2n) is 6.85. The highest BCUT2D eigenvalue weighted by Crippen LogP contribution is 2.23. The van der Waals surface area contributed by atoms with Gasteiger partial charge in [0, 0.05) is 41.8 Å². The van der Waals surface area contributed by atoms with Crippen LogP contribution in [0.15, 0.2) is 22.7 Å². The molecule has 1 aliphatic heterocycles. The zero-order valence-corrected chi connectivity index (χ0v) is 16.7. The Balaban J connectivity index is 0.00000264. The lowest BCUT2D eigenvalue weighted by molar-refractivity contribution is -0.0952. The number of hydrogen-bond donors (Lipinski definition) is 2. The number of nitrogens with one attached hydrogen (secondary N) is 1. The summed E-state index contributed by atoms with van der Waals surface area (Å²) < 4.78 is 6.80. The second-order valence-corrected chi connectivity index (χ2v) is 7.77. The summed E-state index contributed by atoms with van der Waals surface area (Å²) in [5, 5.41) is 13.4. The molecule has 1 aromatic rings. The maximum absolute atomic E-state index is 9.89. The lowest BCUT2D eigenvalue weighted by Crippen LogP contribution is -2.58. The van der Waals surface area contributed by atoms with E-state index in [9.17, 15) is 5.11 Å². The van der Waals surface area contributed by atoms with E-state index in [1.54, 1.807) is 6.07 Å². The number of nitrogens with zero attached hydrogens (tertiary/aromatic N) is 1. The predicted octanol–water partition coefficient (Wildman–Crippen LogP) is 3.55. The van der Waals surface area contributed by atoms with Gasteiger partial charge in [-0.05, 0) is 45.9 Å². The molecule has 0 bridgehead atoms. The Morgan fingerprint density at radius 2 is 1.91 bits per heavy atom. The average molecular weight is 408 g/mol. The molecule has 1 fully saturated rings. The summed E-state index contributed by atoms with van der Waals surface area (Å²) in [4.78, 5) is 2.49. The van der Waals surface area contributed by atoms with Crippen molar-refractivity contribution in [1.82, 2.24) is 10.2 Å². The summed E-state index contributed by atoms with van der Waals surface area (Å²) in [6.07, 6.45) is 0.550. The monoisotopic (exact) mass is 406 g/mol. The van der Waals surface area contributed by atoms with E-state index >= 15 is 0 Å². The van der Waals surface area contributed by atoms with Crippen LogP contribution in [-0.4, -0.2) is 47.4 Å². The number of rotatable bonds is 5. The molecule has 132 valence electrons. The van der Waals surface area contributed by atoms with Crippen molar-refractivity contribution in [2.45, 2.75) is 52.0 Å². The van der Waals surface area contributed by atoms with Crippen LogP contribution in [-0.2, 0) is 11.3 Å². The average Bonchev–Trinajstić information content (AvgIpc) is 2.41. The molecule has 0 saturated carbocycles. The lowest BCUT2D eigenvalue weighted by atomic mass is 10.00. The van der Waals surface area contributed by atoms with Crippen molar-refractivity contribution in [3.05, 3.63) is 28.2 Å². The first kappa shape index (κ1) is 20.7. The highest BCUT2D eigenvalue weighted by atomic mass is 79.9. The van der Waals surface area contributed by atoms with Crippen molar-refractivity contribution in [3.8, 4) is 5.75 Å². The minimum absolute atomic E-state index is 0. The van der Waals surface area contributed by atoms with Crippen LogP contribution < -0.4 is 5.32 Å². The fraction of sp³-hybridized carbons (Fsp3) is 0.647. The number of aromatic hydroxyl groups is 1. The van der Waals surface area contributed by atoms with E-state index in [2.05, 4.69) is 53.8 Å². The van der Waals surface area contributed by atoms with Crippen LogP contribution >= 0.6 is 28.3 Å². The Morgan fingerprint density at radius 3 is 2.52 bits per heavy atom. The molecule has 0 aromatic heterocycles. The van der Waals surface area contributed by atoms with Crippen LogP contribution in [0, 0.1) is 0 Å². The van der Waals surface area contributed by atoms with Crippen molar-refractivity contribution in [2.24, 2.45) is 0 Å². The predicted molar refractivity (Wildman–Crippen MR) is 100 cm³/mol. The fourth-order valence-corrected chi connectivity index (χ4v) is 3.39. The van der Waals surface area contributed by atoms with Crippen molar-refractivity contribution < 1.29 is 9.84 Å². The van der Waals surface area contributed by atoms with E-state index in [0.717, 1.165) is 29.7 Å². The topological polar surface area (TPSA) is 44.7 Å². The van der Waals surface area contributed by atoms with Crippen LogP contribution in [0.5, 0.6) is 5.75 Å². The molecule has 23 heavy (non-hydrogen) atoms. The van der Waals surface area contributed by atoms with Crippen molar-refractivity contribution in [2.75, 3.05) is 19.6 Å². The first-order valence-corrected chi connectivity index (χ1v) is 8.66. The molecule has 2 N–H and O–H groups in total. The number of phenolic OH excluding ortho intramolecular Hbond substituents is 1. The number of phenols is 1. The smallest absolute Gasteiger partial charge is 0.120 e. The SMILES string of the molecule is CC1CN(C(C)(C)CNCc2cc(Br)ccc2O)CC(C)O1.Cl. The quantitative estimate of drug-likeness (QED) is 0.783. The van der Waals surface area contributed by atoms with Gasteiger partial charge in [0.15, 0.2) is 0 Å². The Kier molecular flexibility index (Phi) is 7.81. The molecule has 2 atom stereocenters. The molecule has 1 saturated heterocycles. The summed E-state index contributed by atoms with van der Waals surface area (Å²) in [6.45, 7) is 12.2. The number of halogens is 2. The van der Waals surface area contributed by atoms with Gasteiger partial charge in [-0.1, -0.05) is 15.9 Å². The van der Waals surface area contributed by atoms with Gasteiger partial charge in [-0.3, -0.25) is 4.90 Å². The summed E-state index contributed by atoms with van der Waals surface area (Å²) in [7, 11) is 0. The maximum Gasteiger partial charge on any atom is 0.120 e. The van der Waals surface area contributed by atoms with Crippen LogP contribution in [0.1, 0.15) is 33.3 Å². The van der Waals surface area contributed by atoms with Gasteiger partial charge in [0.1, 0.15) is 5.75 Å². The van der Waals surface area contributed by atoms with Gasteiger partial charge in [0.25, 0.3) is 0 Å². The molecular weight excluding hydrogens is 380 g/mol. The number of ether oxygens (including phenoxy) is 1. The lowest BCUT2D eigenvalue weighted by Gasteiger charge is -2.45. The van der Waals surface area contributed by atoms with Crippen molar-refractivity contribution in [3.63, 3.8) is 0 Å². The van der Waals surface area contributed by atoms with Gasteiger partial charge >= 0.3 is 0 Å². The zero-order chi connectivity index (χ0) is 16.3. The largest absolute Gasteiger partial charge is 0.508 e. The number of morpholine rings is 1. The molecule has 0 aliphatic carbocycles. The summed E-state index contributed by atoms with van der Waals surface area (Å²) in [5.41, 5.74) is 0.961. The zero-order valence-electron chi connectivity index (χ0n) is 14.3. The van der Waals surface area contributed by atoms with Crippen LogP contribution in [0.25, 0.3) is 0 Å². The van der Waals surface area contributed by atoms with Gasteiger partial charge in [-0.25, -0.2) is 0 Å². The second kappa shape index (κ2) is 8.67. The van der Waals surface area contributed by atoms with Gasteiger partial charge in [0.2, 0.25) is 0 Å². The van der Waals surface area contributed by atoms with Gasteiger partial charge < -0.3 is 15.2 Å². The van der Waals surface area contributed by atoms with Crippen molar-refractivity contribution >= 4 is 28.3 Å². The maximum atomic E-state index is 9.89. The molecule has 6 heteroatoms. The van der Waals surface area contributed by atoms with Crippen LogP contribution in [0.4, 0.5) is 0 Å². The van der Waals surface area contributed by atoms with E-state index in [-0.39, 0.29) is 30.2 Å². The van der Waals surface area contributed by atoms with E-state index < -0.39 is 0 Å². The first-order chi connectivity index (χ1) is 10.3. The molecule has 4 nitrogen and oxygen atoms in total.